The summed E-state index contributed by atoms with van der Waals surface area (Å²) < 4.78 is 10.9. The molecule has 2 aromatic rings. The van der Waals surface area contributed by atoms with Gasteiger partial charge in [0.25, 0.3) is 0 Å². The molecule has 0 saturated carbocycles. The highest BCUT2D eigenvalue weighted by atomic mass is 16.5. The predicted molar refractivity (Wildman–Crippen MR) is 130 cm³/mol. The number of amides is 2. The molecule has 0 radical (unpaired) electrons. The van der Waals surface area contributed by atoms with Crippen molar-refractivity contribution in [2.24, 2.45) is 0 Å². The number of anilines is 2. The second kappa shape index (κ2) is 11.2. The summed E-state index contributed by atoms with van der Waals surface area (Å²) in [4.78, 5) is 36.9. The number of likely N-dealkylation sites (tertiary alicyclic amines) is 2. The van der Waals surface area contributed by atoms with Gasteiger partial charge in [0, 0.05) is 63.6 Å². The van der Waals surface area contributed by atoms with Gasteiger partial charge in [-0.15, -0.1) is 0 Å². The van der Waals surface area contributed by atoms with Gasteiger partial charge in [-0.2, -0.15) is 4.98 Å². The average Bonchev–Trinajstić information content (AvgIpc) is 3.45. The Bertz CT molecular complexity index is 1030. The first kappa shape index (κ1) is 23.8. The van der Waals surface area contributed by atoms with E-state index in [9.17, 15) is 9.59 Å². The van der Waals surface area contributed by atoms with Crippen LogP contribution >= 0.6 is 0 Å². The maximum atomic E-state index is 11.8. The quantitative estimate of drug-likeness (QED) is 0.456. The van der Waals surface area contributed by atoms with Crippen LogP contribution in [-0.2, 0) is 9.59 Å². The number of ether oxygens (including phenoxy) is 2. The molecule has 0 spiro atoms. The maximum Gasteiger partial charge on any atom is 0.225 e. The third-order valence-corrected chi connectivity index (χ3v) is 6.33. The number of methoxy groups -OCH3 is 2. The van der Waals surface area contributed by atoms with Gasteiger partial charge in [-0.3, -0.25) is 9.59 Å². The van der Waals surface area contributed by atoms with Gasteiger partial charge >= 0.3 is 0 Å². The minimum atomic E-state index is 0.241. The molecule has 2 saturated heterocycles. The van der Waals surface area contributed by atoms with Crippen molar-refractivity contribution in [3.8, 4) is 11.5 Å². The zero-order valence-corrected chi connectivity index (χ0v) is 20.1. The van der Waals surface area contributed by atoms with Crippen LogP contribution in [-0.4, -0.2) is 85.1 Å². The molecule has 0 bridgehead atoms. The van der Waals surface area contributed by atoms with Gasteiger partial charge in [0.05, 0.1) is 19.7 Å². The number of hydrogen-bond acceptors (Lipinski definition) is 8. The van der Waals surface area contributed by atoms with Gasteiger partial charge in [0.1, 0.15) is 5.82 Å². The zero-order valence-electron chi connectivity index (χ0n) is 20.1. The molecule has 2 amide bonds. The molecule has 2 fully saturated rings. The van der Waals surface area contributed by atoms with E-state index in [2.05, 4.69) is 15.6 Å². The molecule has 10 nitrogen and oxygen atoms in total. The molecule has 2 aliphatic heterocycles. The van der Waals surface area contributed by atoms with E-state index in [0.29, 0.717) is 49.2 Å². The molecule has 2 N–H and O–H groups in total. The number of aromatic nitrogens is 2. The number of nitrogens with zero attached hydrogens (tertiary/aromatic N) is 4. The number of nitrogens with one attached hydrogen (secondary N) is 2. The molecule has 34 heavy (non-hydrogen) atoms. The summed E-state index contributed by atoms with van der Waals surface area (Å²) in [6.45, 7) is 4.53. The van der Waals surface area contributed by atoms with Crippen LogP contribution in [0.3, 0.4) is 0 Å². The van der Waals surface area contributed by atoms with Gasteiger partial charge in [-0.05, 0) is 31.7 Å². The topological polar surface area (TPSA) is 109 Å². The molecule has 10 heteroatoms. The Hall–Kier alpha value is -3.30. The number of rotatable bonds is 12. The summed E-state index contributed by atoms with van der Waals surface area (Å²) in [7, 11) is 3.20. The Morgan fingerprint density at radius 2 is 1.44 bits per heavy atom. The molecular weight excluding hydrogens is 436 g/mol. The molecule has 4 rings (SSSR count). The first-order valence-corrected chi connectivity index (χ1v) is 12.1. The molecule has 0 aliphatic carbocycles. The lowest BCUT2D eigenvalue weighted by Crippen LogP contribution is -2.27. The normalized spacial score (nSPS) is 15.9. The smallest absolute Gasteiger partial charge is 0.225 e. The van der Waals surface area contributed by atoms with Crippen LogP contribution in [0.5, 0.6) is 11.5 Å². The highest BCUT2D eigenvalue weighted by Crippen LogP contribution is 2.34. The summed E-state index contributed by atoms with van der Waals surface area (Å²) in [5, 5.41) is 7.55. The Morgan fingerprint density at radius 1 is 0.853 bits per heavy atom. The summed E-state index contributed by atoms with van der Waals surface area (Å²) in [5.74, 6) is 2.92. The van der Waals surface area contributed by atoms with Crippen molar-refractivity contribution >= 4 is 34.5 Å². The average molecular weight is 471 g/mol. The second-order valence-corrected chi connectivity index (χ2v) is 8.65. The summed E-state index contributed by atoms with van der Waals surface area (Å²) >= 11 is 0. The number of benzene rings is 1. The summed E-state index contributed by atoms with van der Waals surface area (Å²) in [6.07, 6.45) is 4.88. The highest BCUT2D eigenvalue weighted by Gasteiger charge is 2.20. The van der Waals surface area contributed by atoms with E-state index in [4.69, 9.17) is 14.5 Å². The van der Waals surface area contributed by atoms with Crippen LogP contribution in [0.25, 0.3) is 10.9 Å². The Kier molecular flexibility index (Phi) is 7.87. The van der Waals surface area contributed by atoms with Crippen LogP contribution in [0, 0.1) is 0 Å². The van der Waals surface area contributed by atoms with Crippen LogP contribution in [0.2, 0.25) is 0 Å². The Morgan fingerprint density at radius 3 is 2.00 bits per heavy atom. The van der Waals surface area contributed by atoms with Gasteiger partial charge in [-0.1, -0.05) is 0 Å². The SMILES string of the molecule is COc1cc2nc(NCCCN3CCCC3=O)nc(NCCCN3CCCC3=O)c2cc1OC. The van der Waals surface area contributed by atoms with Gasteiger partial charge in [0.2, 0.25) is 17.8 Å². The third-order valence-electron chi connectivity index (χ3n) is 6.33. The van der Waals surface area contributed by atoms with Gasteiger partial charge < -0.3 is 29.9 Å². The first-order chi connectivity index (χ1) is 16.6. The minimum Gasteiger partial charge on any atom is -0.493 e. The van der Waals surface area contributed by atoms with E-state index in [1.165, 1.54) is 0 Å². The molecular formula is C24H34N6O4. The molecule has 2 aliphatic rings. The number of fused-ring (bicyclic) bond motifs is 1. The van der Waals surface area contributed by atoms with Crippen molar-refractivity contribution in [2.45, 2.75) is 38.5 Å². The summed E-state index contributed by atoms with van der Waals surface area (Å²) in [6, 6.07) is 3.72. The lowest BCUT2D eigenvalue weighted by atomic mass is 10.2. The van der Waals surface area contributed by atoms with Crippen molar-refractivity contribution < 1.29 is 19.1 Å². The van der Waals surface area contributed by atoms with Crippen LogP contribution in [0.1, 0.15) is 38.5 Å². The van der Waals surface area contributed by atoms with Crippen molar-refractivity contribution in [3.05, 3.63) is 12.1 Å². The van der Waals surface area contributed by atoms with E-state index in [1.807, 2.05) is 21.9 Å². The van der Waals surface area contributed by atoms with E-state index in [0.717, 1.165) is 62.8 Å². The van der Waals surface area contributed by atoms with Crippen LogP contribution in [0.4, 0.5) is 11.8 Å². The second-order valence-electron chi connectivity index (χ2n) is 8.65. The molecule has 1 aromatic carbocycles. The molecule has 0 atom stereocenters. The molecule has 1 aromatic heterocycles. The van der Waals surface area contributed by atoms with E-state index in [1.54, 1.807) is 14.2 Å². The molecule has 0 unspecified atom stereocenters. The molecule has 184 valence electrons. The fraction of sp³-hybridized carbons (Fsp3) is 0.583. The lowest BCUT2D eigenvalue weighted by Gasteiger charge is -2.17. The number of carbonyl (C=O) groups excluding carboxylic acids is 2. The third kappa shape index (κ3) is 5.60. The van der Waals surface area contributed by atoms with E-state index in [-0.39, 0.29) is 11.8 Å². The largest absolute Gasteiger partial charge is 0.493 e. The molecule has 3 heterocycles. The van der Waals surface area contributed by atoms with Crippen molar-refractivity contribution in [2.75, 3.05) is 64.1 Å². The maximum absolute atomic E-state index is 11.8. The predicted octanol–water partition coefficient (Wildman–Crippen LogP) is 2.50. The van der Waals surface area contributed by atoms with Gasteiger partial charge in [0.15, 0.2) is 11.5 Å². The van der Waals surface area contributed by atoms with E-state index < -0.39 is 0 Å². The first-order valence-electron chi connectivity index (χ1n) is 12.1. The number of carbonyl (C=O) groups is 2. The standard InChI is InChI=1S/C24H34N6O4/c1-33-19-15-17-18(16-20(19)34-2)27-24(26-10-6-14-30-12-4-8-22(30)32)28-23(17)25-9-5-13-29-11-3-7-21(29)31/h15-16H,3-14H2,1-2H3,(H2,25,26,27,28). The monoisotopic (exact) mass is 470 g/mol. The Balaban J connectivity index is 1.44. The lowest BCUT2D eigenvalue weighted by molar-refractivity contribution is -0.128. The summed E-state index contributed by atoms with van der Waals surface area (Å²) in [5.41, 5.74) is 0.738. The minimum absolute atomic E-state index is 0.241. The van der Waals surface area contributed by atoms with Crippen molar-refractivity contribution in [1.82, 2.24) is 19.8 Å². The Labute approximate surface area is 200 Å². The number of hydrogen-bond donors (Lipinski definition) is 2. The fourth-order valence-electron chi connectivity index (χ4n) is 4.50. The highest BCUT2D eigenvalue weighted by molar-refractivity contribution is 5.92. The van der Waals surface area contributed by atoms with Crippen LogP contribution < -0.4 is 20.1 Å². The van der Waals surface area contributed by atoms with Crippen LogP contribution in [0.15, 0.2) is 12.1 Å². The zero-order chi connectivity index (χ0) is 23.9. The van der Waals surface area contributed by atoms with Gasteiger partial charge in [-0.25, -0.2) is 4.98 Å². The van der Waals surface area contributed by atoms with Crippen molar-refractivity contribution in [1.29, 1.82) is 0 Å². The fourth-order valence-corrected chi connectivity index (χ4v) is 4.50. The van der Waals surface area contributed by atoms with Crippen molar-refractivity contribution in [3.63, 3.8) is 0 Å². The van der Waals surface area contributed by atoms with E-state index >= 15 is 0 Å².